The lowest BCUT2D eigenvalue weighted by molar-refractivity contribution is -0.126. The Labute approximate surface area is 164 Å². The molecule has 1 saturated heterocycles. The Balaban J connectivity index is 1.52. The number of hydrogen-bond donors (Lipinski definition) is 1. The number of nitrogens with one attached hydrogen (secondary N) is 1. The van der Waals surface area contributed by atoms with Gasteiger partial charge in [-0.05, 0) is 36.8 Å². The Hall–Kier alpha value is -2.62. The summed E-state index contributed by atoms with van der Waals surface area (Å²) in [4.78, 5) is 21.1. The van der Waals surface area contributed by atoms with Crippen LogP contribution in [0.5, 0.6) is 0 Å². The number of halogens is 1. The third-order valence-electron chi connectivity index (χ3n) is 4.83. The molecule has 7 heteroatoms. The molecule has 2 heterocycles. The summed E-state index contributed by atoms with van der Waals surface area (Å²) in [5.74, 6) is 0.730. The van der Waals surface area contributed by atoms with Gasteiger partial charge < -0.3 is 10.2 Å². The van der Waals surface area contributed by atoms with Gasteiger partial charge in [0.05, 0.1) is 11.6 Å². The minimum absolute atomic E-state index is 0.00829. The Morgan fingerprint density at radius 3 is 2.63 bits per heavy atom. The van der Waals surface area contributed by atoms with E-state index in [1.54, 1.807) is 18.3 Å². The van der Waals surface area contributed by atoms with Crippen molar-refractivity contribution in [3.8, 4) is 6.07 Å². The fraction of sp³-hybridized carbons (Fsp3) is 0.350. The van der Waals surface area contributed by atoms with Crippen LogP contribution in [-0.2, 0) is 11.3 Å². The van der Waals surface area contributed by atoms with Crippen molar-refractivity contribution in [2.75, 3.05) is 31.1 Å². The van der Waals surface area contributed by atoms with Crippen molar-refractivity contribution >= 4 is 23.3 Å². The zero-order valence-corrected chi connectivity index (χ0v) is 16.0. The fourth-order valence-electron chi connectivity index (χ4n) is 3.16. The second-order valence-electron chi connectivity index (χ2n) is 6.53. The molecule has 3 rings (SSSR count). The molecule has 6 nitrogen and oxygen atoms in total. The van der Waals surface area contributed by atoms with Gasteiger partial charge in [-0.25, -0.2) is 4.98 Å². The van der Waals surface area contributed by atoms with Crippen molar-refractivity contribution in [1.29, 1.82) is 5.26 Å². The first-order valence-electron chi connectivity index (χ1n) is 8.95. The molecule has 140 valence electrons. The van der Waals surface area contributed by atoms with E-state index in [9.17, 15) is 10.1 Å². The van der Waals surface area contributed by atoms with Crippen LogP contribution in [0.25, 0.3) is 0 Å². The molecule has 1 amide bonds. The summed E-state index contributed by atoms with van der Waals surface area (Å²) >= 11 is 5.88. The molecule has 27 heavy (non-hydrogen) atoms. The third-order valence-corrected chi connectivity index (χ3v) is 5.08. The molecular formula is C20H22ClN5O. The zero-order chi connectivity index (χ0) is 19.2. The summed E-state index contributed by atoms with van der Waals surface area (Å²) in [5, 5.41) is 12.9. The van der Waals surface area contributed by atoms with Crippen molar-refractivity contribution in [2.24, 2.45) is 0 Å². The SMILES string of the molecule is CC(C(=O)NCc1ccc(Cl)cc1)N1CCN(c2ncccc2C#N)CC1. The minimum atomic E-state index is -0.210. The van der Waals surface area contributed by atoms with Crippen LogP contribution in [0.4, 0.5) is 5.82 Å². The molecule has 1 N–H and O–H groups in total. The molecule has 1 aromatic heterocycles. The number of benzene rings is 1. The van der Waals surface area contributed by atoms with Gasteiger partial charge in [-0.1, -0.05) is 23.7 Å². The molecule has 1 atom stereocenters. The molecule has 0 radical (unpaired) electrons. The van der Waals surface area contributed by atoms with E-state index in [1.165, 1.54) is 0 Å². The van der Waals surface area contributed by atoms with Gasteiger partial charge in [0, 0.05) is 43.9 Å². The molecule has 1 fully saturated rings. The number of nitriles is 1. The van der Waals surface area contributed by atoms with E-state index in [-0.39, 0.29) is 11.9 Å². The van der Waals surface area contributed by atoms with Crippen LogP contribution < -0.4 is 10.2 Å². The first-order chi connectivity index (χ1) is 13.1. The van der Waals surface area contributed by atoms with E-state index in [4.69, 9.17) is 11.6 Å². The molecular weight excluding hydrogens is 362 g/mol. The van der Waals surface area contributed by atoms with Crippen LogP contribution in [0.3, 0.4) is 0 Å². The number of hydrogen-bond acceptors (Lipinski definition) is 5. The van der Waals surface area contributed by atoms with Crippen molar-refractivity contribution in [2.45, 2.75) is 19.5 Å². The summed E-state index contributed by atoms with van der Waals surface area (Å²) in [7, 11) is 0. The predicted octanol–water partition coefficient (Wildman–Crippen LogP) is 2.43. The second-order valence-corrected chi connectivity index (χ2v) is 6.97. The maximum absolute atomic E-state index is 12.5. The number of piperazine rings is 1. The number of pyridine rings is 1. The Morgan fingerprint density at radius 2 is 1.96 bits per heavy atom. The summed E-state index contributed by atoms with van der Waals surface area (Å²) in [6, 6.07) is 13.0. The average molecular weight is 384 g/mol. The largest absolute Gasteiger partial charge is 0.353 e. The van der Waals surface area contributed by atoms with Crippen LogP contribution in [0.15, 0.2) is 42.6 Å². The minimum Gasteiger partial charge on any atom is -0.353 e. The Kier molecular flexibility index (Phi) is 6.28. The number of carbonyl (C=O) groups excluding carboxylic acids is 1. The number of rotatable bonds is 5. The lowest BCUT2D eigenvalue weighted by Gasteiger charge is -2.38. The van der Waals surface area contributed by atoms with E-state index in [0.717, 1.165) is 37.6 Å². The maximum atomic E-state index is 12.5. The Bertz CT molecular complexity index is 825. The standard InChI is InChI=1S/C20H22ClN5O/c1-15(20(27)24-14-16-4-6-18(21)7-5-16)25-9-11-26(12-10-25)19-17(13-22)3-2-8-23-19/h2-8,15H,9-12,14H2,1H3,(H,24,27). The van der Waals surface area contributed by atoms with Gasteiger partial charge in [0.1, 0.15) is 11.9 Å². The number of carbonyl (C=O) groups is 1. The van der Waals surface area contributed by atoms with Crippen molar-refractivity contribution < 1.29 is 4.79 Å². The van der Waals surface area contributed by atoms with E-state index < -0.39 is 0 Å². The summed E-state index contributed by atoms with van der Waals surface area (Å²) in [6.07, 6.45) is 1.70. The second kappa shape index (κ2) is 8.85. The van der Waals surface area contributed by atoms with Crippen molar-refractivity contribution in [3.05, 3.63) is 58.7 Å². The van der Waals surface area contributed by atoms with Crippen LogP contribution in [0, 0.1) is 11.3 Å². The van der Waals surface area contributed by atoms with Crippen LogP contribution >= 0.6 is 11.6 Å². The summed E-state index contributed by atoms with van der Waals surface area (Å²) in [6.45, 7) is 5.38. The molecule has 1 unspecified atom stereocenters. The molecule has 0 saturated carbocycles. The van der Waals surface area contributed by atoms with Gasteiger partial charge in [0.2, 0.25) is 5.91 Å². The lowest BCUT2D eigenvalue weighted by atomic mass is 10.2. The molecule has 0 bridgehead atoms. The normalized spacial score (nSPS) is 15.8. The fourth-order valence-corrected chi connectivity index (χ4v) is 3.29. The number of nitrogens with zero attached hydrogens (tertiary/aromatic N) is 4. The van der Waals surface area contributed by atoms with Gasteiger partial charge >= 0.3 is 0 Å². The van der Waals surface area contributed by atoms with Gasteiger partial charge in [-0.3, -0.25) is 9.69 Å². The molecule has 1 aliphatic rings. The molecule has 0 aliphatic carbocycles. The number of amides is 1. The first kappa shape index (κ1) is 19.2. The average Bonchev–Trinajstić information content (AvgIpc) is 2.72. The highest BCUT2D eigenvalue weighted by atomic mass is 35.5. The van der Waals surface area contributed by atoms with E-state index >= 15 is 0 Å². The predicted molar refractivity (Wildman–Crippen MR) is 105 cm³/mol. The van der Waals surface area contributed by atoms with E-state index in [2.05, 4.69) is 26.2 Å². The summed E-state index contributed by atoms with van der Waals surface area (Å²) in [5.41, 5.74) is 1.60. The Morgan fingerprint density at radius 1 is 1.26 bits per heavy atom. The highest BCUT2D eigenvalue weighted by Crippen LogP contribution is 2.19. The van der Waals surface area contributed by atoms with Gasteiger partial charge in [-0.2, -0.15) is 5.26 Å². The lowest BCUT2D eigenvalue weighted by Crippen LogP contribution is -2.54. The number of aromatic nitrogens is 1. The number of anilines is 1. The zero-order valence-electron chi connectivity index (χ0n) is 15.2. The third kappa shape index (κ3) is 4.76. The molecule has 2 aromatic rings. The monoisotopic (exact) mass is 383 g/mol. The van der Waals surface area contributed by atoms with Gasteiger partial charge in [0.25, 0.3) is 0 Å². The molecule has 1 aliphatic heterocycles. The van der Waals surface area contributed by atoms with Crippen molar-refractivity contribution in [1.82, 2.24) is 15.2 Å². The van der Waals surface area contributed by atoms with Gasteiger partial charge in [0.15, 0.2) is 0 Å². The van der Waals surface area contributed by atoms with E-state index in [1.807, 2.05) is 31.2 Å². The van der Waals surface area contributed by atoms with Crippen molar-refractivity contribution in [3.63, 3.8) is 0 Å². The topological polar surface area (TPSA) is 72.3 Å². The van der Waals surface area contributed by atoms with Gasteiger partial charge in [-0.15, -0.1) is 0 Å². The summed E-state index contributed by atoms with van der Waals surface area (Å²) < 4.78 is 0. The highest BCUT2D eigenvalue weighted by molar-refractivity contribution is 6.30. The maximum Gasteiger partial charge on any atom is 0.237 e. The molecule has 0 spiro atoms. The van der Waals surface area contributed by atoms with Crippen LogP contribution in [-0.4, -0.2) is 48.0 Å². The van der Waals surface area contributed by atoms with E-state index in [0.29, 0.717) is 17.1 Å². The quantitative estimate of drug-likeness (QED) is 0.858. The first-order valence-corrected chi connectivity index (χ1v) is 9.32. The smallest absolute Gasteiger partial charge is 0.237 e. The molecule has 1 aromatic carbocycles. The highest BCUT2D eigenvalue weighted by Gasteiger charge is 2.26. The van der Waals surface area contributed by atoms with Crippen LogP contribution in [0.1, 0.15) is 18.1 Å². The van der Waals surface area contributed by atoms with Crippen LogP contribution in [0.2, 0.25) is 5.02 Å².